The number of carbonyl (C=O) groups excluding carboxylic acids is 2. The van der Waals surface area contributed by atoms with E-state index in [-0.39, 0.29) is 41.3 Å². The van der Waals surface area contributed by atoms with Crippen molar-refractivity contribution in [3.05, 3.63) is 0 Å². The third kappa shape index (κ3) is 5.08. The molecule has 9 unspecified atom stereocenters. The third-order valence-corrected chi connectivity index (χ3v) is 9.93. The molecule has 8 nitrogen and oxygen atoms in total. The number of hydrogen-bond acceptors (Lipinski definition) is 7. The molecule has 1 saturated carbocycles. The van der Waals surface area contributed by atoms with Gasteiger partial charge < -0.3 is 25.0 Å². The highest BCUT2D eigenvalue weighted by atomic mass is 32.2. The lowest BCUT2D eigenvalue weighted by molar-refractivity contribution is -0.134. The van der Waals surface area contributed by atoms with Gasteiger partial charge in [0.25, 0.3) is 0 Å². The fraction of sp³-hybridized carbons (Fsp3) is 0.917. The van der Waals surface area contributed by atoms with Crippen LogP contribution in [0.25, 0.3) is 0 Å². The maximum Gasteiger partial charge on any atom is 0.228 e. The summed E-state index contributed by atoms with van der Waals surface area (Å²) in [6.45, 7) is 5.70. The first-order chi connectivity index (χ1) is 16.0. The first kappa shape index (κ1) is 23.9. The Morgan fingerprint density at radius 1 is 1.15 bits per heavy atom. The zero-order chi connectivity index (χ0) is 22.9. The van der Waals surface area contributed by atoms with Gasteiger partial charge in [0.2, 0.25) is 11.8 Å². The number of likely N-dealkylation sites (tertiary alicyclic amines) is 1. The molecule has 186 valence electrons. The largest absolute Gasteiger partial charge is 0.381 e. The van der Waals surface area contributed by atoms with Gasteiger partial charge in [-0.3, -0.25) is 14.9 Å². The SMILES string of the molecule is COC1CCCCC1C1CC(C)NCC1C(=O)NC1NC2CN(C(=O)C3CCOC3)CC2S1. The fourth-order valence-corrected chi connectivity index (χ4v) is 8.17. The molecule has 0 spiro atoms. The second kappa shape index (κ2) is 10.4. The van der Waals surface area contributed by atoms with Crippen LogP contribution >= 0.6 is 11.8 Å². The van der Waals surface area contributed by atoms with Crippen molar-refractivity contribution in [2.75, 3.05) is 40.0 Å². The molecular formula is C24H40N4O4S. The number of carbonyl (C=O) groups is 2. The molecular weight excluding hydrogens is 440 g/mol. The first-order valence-corrected chi connectivity index (χ1v) is 13.8. The number of nitrogens with one attached hydrogen (secondary N) is 3. The van der Waals surface area contributed by atoms with Crippen molar-refractivity contribution in [1.82, 2.24) is 20.9 Å². The molecule has 0 aromatic carbocycles. The zero-order valence-electron chi connectivity index (χ0n) is 20.0. The monoisotopic (exact) mass is 480 g/mol. The van der Waals surface area contributed by atoms with Gasteiger partial charge in [0.1, 0.15) is 5.50 Å². The van der Waals surface area contributed by atoms with Gasteiger partial charge in [-0.2, -0.15) is 0 Å². The molecule has 0 bridgehead atoms. The summed E-state index contributed by atoms with van der Waals surface area (Å²) in [7, 11) is 1.83. The molecule has 33 heavy (non-hydrogen) atoms. The van der Waals surface area contributed by atoms with Crippen LogP contribution in [0, 0.1) is 23.7 Å². The van der Waals surface area contributed by atoms with E-state index < -0.39 is 0 Å². The van der Waals surface area contributed by atoms with Crippen molar-refractivity contribution in [3.63, 3.8) is 0 Å². The van der Waals surface area contributed by atoms with E-state index in [1.165, 1.54) is 12.8 Å². The van der Waals surface area contributed by atoms with Gasteiger partial charge in [-0.25, -0.2) is 0 Å². The zero-order valence-corrected chi connectivity index (χ0v) is 20.8. The van der Waals surface area contributed by atoms with E-state index in [0.717, 1.165) is 45.3 Å². The summed E-state index contributed by atoms with van der Waals surface area (Å²) in [5.41, 5.74) is -0.0795. The Kier molecular flexibility index (Phi) is 7.52. The highest BCUT2D eigenvalue weighted by molar-refractivity contribution is 8.00. The third-order valence-electron chi connectivity index (χ3n) is 8.58. The molecule has 4 saturated heterocycles. The Balaban J connectivity index is 1.16. The smallest absolute Gasteiger partial charge is 0.228 e. The lowest BCUT2D eigenvalue weighted by Gasteiger charge is -2.44. The molecule has 0 aromatic heterocycles. The Bertz CT molecular complexity index is 707. The van der Waals surface area contributed by atoms with Crippen LogP contribution in [0.15, 0.2) is 0 Å². The quantitative estimate of drug-likeness (QED) is 0.544. The van der Waals surface area contributed by atoms with Crippen molar-refractivity contribution < 1.29 is 19.1 Å². The standard InChI is InChI=1S/C24H40N4O4S/c1-14-9-17(16-5-3-4-6-20(16)31-2)18(10-25-14)22(29)27-24-26-19-11-28(12-21(19)33-24)23(30)15-7-8-32-13-15/h14-21,24-26H,3-13H2,1-2H3,(H,27,29). The van der Waals surface area contributed by atoms with Crippen LogP contribution in [0.4, 0.5) is 0 Å². The van der Waals surface area contributed by atoms with Gasteiger partial charge in [0, 0.05) is 50.7 Å². The maximum atomic E-state index is 13.5. The van der Waals surface area contributed by atoms with E-state index in [1.807, 2.05) is 12.0 Å². The minimum Gasteiger partial charge on any atom is -0.381 e. The van der Waals surface area contributed by atoms with Gasteiger partial charge in [-0.1, -0.05) is 12.8 Å². The van der Waals surface area contributed by atoms with E-state index in [9.17, 15) is 9.59 Å². The van der Waals surface area contributed by atoms with Crippen LogP contribution in [0.5, 0.6) is 0 Å². The fourth-order valence-electron chi connectivity index (χ4n) is 6.76. The van der Waals surface area contributed by atoms with Crippen molar-refractivity contribution in [1.29, 1.82) is 0 Å². The molecule has 2 amide bonds. The molecule has 5 fully saturated rings. The summed E-state index contributed by atoms with van der Waals surface area (Å²) in [5, 5.41) is 10.8. The molecule has 4 heterocycles. The van der Waals surface area contributed by atoms with Crippen LogP contribution in [0.3, 0.4) is 0 Å². The van der Waals surface area contributed by atoms with Gasteiger partial charge in [0.05, 0.1) is 24.5 Å². The molecule has 9 heteroatoms. The van der Waals surface area contributed by atoms with Crippen molar-refractivity contribution >= 4 is 23.6 Å². The number of amides is 2. The summed E-state index contributed by atoms with van der Waals surface area (Å²) >= 11 is 1.77. The minimum atomic E-state index is -0.0795. The highest BCUT2D eigenvalue weighted by Gasteiger charge is 2.46. The number of thioether (sulfide) groups is 1. The van der Waals surface area contributed by atoms with E-state index >= 15 is 0 Å². The second-order valence-electron chi connectivity index (χ2n) is 10.7. The molecule has 1 aliphatic carbocycles. The van der Waals surface area contributed by atoms with Gasteiger partial charge in [0.15, 0.2) is 0 Å². The molecule has 5 aliphatic rings. The number of rotatable bonds is 5. The number of piperidine rings is 1. The van der Waals surface area contributed by atoms with Gasteiger partial charge in [-0.15, -0.1) is 11.8 Å². The molecule has 5 rings (SSSR count). The average Bonchev–Trinajstić information content (AvgIpc) is 3.55. The molecule has 0 radical (unpaired) electrons. The van der Waals surface area contributed by atoms with E-state index in [1.54, 1.807) is 11.8 Å². The summed E-state index contributed by atoms with van der Waals surface area (Å²) in [6.07, 6.45) is 6.88. The summed E-state index contributed by atoms with van der Waals surface area (Å²) < 4.78 is 11.3. The number of hydrogen-bond donors (Lipinski definition) is 3. The van der Waals surface area contributed by atoms with Crippen LogP contribution in [0.1, 0.15) is 45.4 Å². The average molecular weight is 481 g/mol. The maximum absolute atomic E-state index is 13.5. The number of fused-ring (bicyclic) bond motifs is 1. The normalized spacial score (nSPS) is 43.5. The topological polar surface area (TPSA) is 91.9 Å². The predicted molar refractivity (Wildman–Crippen MR) is 128 cm³/mol. The predicted octanol–water partition coefficient (Wildman–Crippen LogP) is 1.16. The Labute approximate surface area is 201 Å². The number of ether oxygens (including phenoxy) is 2. The van der Waals surface area contributed by atoms with Crippen molar-refractivity contribution in [3.8, 4) is 0 Å². The molecule has 9 atom stereocenters. The highest BCUT2D eigenvalue weighted by Crippen LogP contribution is 2.40. The van der Waals surface area contributed by atoms with Crippen LogP contribution in [0.2, 0.25) is 0 Å². The Morgan fingerprint density at radius 2 is 2.00 bits per heavy atom. The lowest BCUT2D eigenvalue weighted by Crippen LogP contribution is -2.55. The van der Waals surface area contributed by atoms with Crippen molar-refractivity contribution in [2.24, 2.45) is 23.7 Å². The van der Waals surface area contributed by atoms with E-state index in [4.69, 9.17) is 9.47 Å². The number of methoxy groups -OCH3 is 1. The molecule has 3 N–H and O–H groups in total. The lowest BCUT2D eigenvalue weighted by atomic mass is 9.68. The summed E-state index contributed by atoms with van der Waals surface area (Å²) in [4.78, 5) is 28.2. The first-order valence-electron chi connectivity index (χ1n) is 12.9. The molecule has 0 aromatic rings. The molecule has 4 aliphatic heterocycles. The van der Waals surface area contributed by atoms with E-state index in [0.29, 0.717) is 36.3 Å². The van der Waals surface area contributed by atoms with Gasteiger partial charge >= 0.3 is 0 Å². The van der Waals surface area contributed by atoms with Crippen LogP contribution in [-0.4, -0.2) is 85.6 Å². The van der Waals surface area contributed by atoms with Gasteiger partial charge in [-0.05, 0) is 44.4 Å². The van der Waals surface area contributed by atoms with Crippen LogP contribution < -0.4 is 16.0 Å². The van der Waals surface area contributed by atoms with Crippen LogP contribution in [-0.2, 0) is 19.1 Å². The minimum absolute atomic E-state index is 0.0229. The summed E-state index contributed by atoms with van der Waals surface area (Å²) in [5.74, 6) is 1.21. The Morgan fingerprint density at radius 3 is 2.76 bits per heavy atom. The Hall–Kier alpha value is -0.870. The number of nitrogens with zero attached hydrogens (tertiary/aromatic N) is 1. The summed E-state index contributed by atoms with van der Waals surface area (Å²) in [6, 6.07) is 0.675. The second-order valence-corrected chi connectivity index (χ2v) is 12.0. The van der Waals surface area contributed by atoms with E-state index in [2.05, 4.69) is 22.9 Å². The van der Waals surface area contributed by atoms with Crippen molar-refractivity contribution in [2.45, 2.75) is 74.4 Å².